The van der Waals surface area contributed by atoms with E-state index in [-0.39, 0.29) is 17.7 Å². The van der Waals surface area contributed by atoms with Gasteiger partial charge in [-0.2, -0.15) is 4.98 Å². The van der Waals surface area contributed by atoms with Crippen molar-refractivity contribution in [3.05, 3.63) is 59.9 Å². The summed E-state index contributed by atoms with van der Waals surface area (Å²) in [6.45, 7) is 2.09. The predicted octanol–water partition coefficient (Wildman–Crippen LogP) is 4.18. The summed E-state index contributed by atoms with van der Waals surface area (Å²) >= 11 is 0. The van der Waals surface area contributed by atoms with Crippen LogP contribution in [-0.4, -0.2) is 10.1 Å². The van der Waals surface area contributed by atoms with E-state index >= 15 is 0 Å². The van der Waals surface area contributed by atoms with Gasteiger partial charge in [-0.05, 0) is 36.2 Å². The van der Waals surface area contributed by atoms with E-state index in [2.05, 4.69) is 22.4 Å². The van der Waals surface area contributed by atoms with E-state index in [0.29, 0.717) is 5.56 Å². The molecule has 3 aromatic rings. The molecule has 3 rings (SSSR count). The van der Waals surface area contributed by atoms with Gasteiger partial charge in [-0.15, -0.1) is 0 Å². The lowest BCUT2D eigenvalue weighted by molar-refractivity contribution is 0.435. The summed E-state index contributed by atoms with van der Waals surface area (Å²) in [5.74, 6) is -0.153. The molecule has 1 heterocycles. The van der Waals surface area contributed by atoms with Crippen molar-refractivity contribution in [3.8, 4) is 11.4 Å². The maximum Gasteiger partial charge on any atom is 0.326 e. The fraction of sp³-hybridized carbons (Fsp3) is 0.125. The van der Waals surface area contributed by atoms with Crippen LogP contribution in [0.2, 0.25) is 0 Å². The molecule has 0 radical (unpaired) electrons. The minimum Gasteiger partial charge on any atom is -0.315 e. The molecular weight excluding hydrogens is 269 g/mol. The van der Waals surface area contributed by atoms with Crippen LogP contribution in [0.15, 0.2) is 53.1 Å². The summed E-state index contributed by atoms with van der Waals surface area (Å²) in [5, 5.41) is 6.82. The van der Waals surface area contributed by atoms with Gasteiger partial charge in [0.15, 0.2) is 0 Å². The van der Waals surface area contributed by atoms with Gasteiger partial charge >= 0.3 is 6.01 Å². The molecule has 0 fully saturated rings. The second-order valence-electron chi connectivity index (χ2n) is 4.58. The first-order valence-corrected chi connectivity index (χ1v) is 6.71. The Kier molecular flexibility index (Phi) is 3.64. The van der Waals surface area contributed by atoms with Gasteiger partial charge in [0, 0.05) is 5.69 Å². The Hall–Kier alpha value is -2.69. The molecule has 5 heteroatoms. The van der Waals surface area contributed by atoms with Crippen molar-refractivity contribution in [2.24, 2.45) is 0 Å². The van der Waals surface area contributed by atoms with E-state index in [0.717, 1.165) is 12.1 Å². The van der Waals surface area contributed by atoms with Crippen molar-refractivity contribution in [2.75, 3.05) is 5.32 Å². The molecule has 0 spiro atoms. The number of anilines is 2. The average molecular weight is 283 g/mol. The van der Waals surface area contributed by atoms with Crippen LogP contribution in [-0.2, 0) is 6.42 Å². The van der Waals surface area contributed by atoms with Gasteiger partial charge in [-0.3, -0.25) is 0 Å². The topological polar surface area (TPSA) is 51.0 Å². The minimum atomic E-state index is -0.377. The third-order valence-electron chi connectivity index (χ3n) is 3.13. The van der Waals surface area contributed by atoms with Gasteiger partial charge in [0.25, 0.3) is 0 Å². The highest BCUT2D eigenvalue weighted by Crippen LogP contribution is 2.22. The summed E-state index contributed by atoms with van der Waals surface area (Å²) in [6.07, 6.45) is 0.944. The van der Waals surface area contributed by atoms with Crippen LogP contribution in [0.4, 0.5) is 16.1 Å². The SMILES string of the molecule is CCc1cccc(Nc2nc(-c3ccccc3F)no2)c1. The first-order chi connectivity index (χ1) is 10.3. The smallest absolute Gasteiger partial charge is 0.315 e. The summed E-state index contributed by atoms with van der Waals surface area (Å²) in [4.78, 5) is 4.16. The highest BCUT2D eigenvalue weighted by molar-refractivity contribution is 5.59. The summed E-state index contributed by atoms with van der Waals surface area (Å²) < 4.78 is 18.8. The fourth-order valence-corrected chi connectivity index (χ4v) is 2.02. The lowest BCUT2D eigenvalue weighted by Crippen LogP contribution is -1.92. The first kappa shape index (κ1) is 13.3. The summed E-state index contributed by atoms with van der Waals surface area (Å²) in [6, 6.07) is 14.5. The van der Waals surface area contributed by atoms with Gasteiger partial charge in [-0.25, -0.2) is 4.39 Å². The quantitative estimate of drug-likeness (QED) is 0.780. The van der Waals surface area contributed by atoms with Crippen LogP contribution >= 0.6 is 0 Å². The minimum absolute atomic E-state index is 0.224. The molecule has 0 saturated carbocycles. The molecule has 0 bridgehead atoms. The van der Waals surface area contributed by atoms with Gasteiger partial charge in [-0.1, -0.05) is 36.3 Å². The molecule has 0 aliphatic carbocycles. The van der Waals surface area contributed by atoms with Crippen molar-refractivity contribution in [3.63, 3.8) is 0 Å². The van der Waals surface area contributed by atoms with E-state index < -0.39 is 0 Å². The maximum absolute atomic E-state index is 13.7. The Bertz CT molecular complexity index is 755. The van der Waals surface area contributed by atoms with Crippen LogP contribution < -0.4 is 5.32 Å². The lowest BCUT2D eigenvalue weighted by Gasteiger charge is -2.02. The highest BCUT2D eigenvalue weighted by atomic mass is 19.1. The highest BCUT2D eigenvalue weighted by Gasteiger charge is 2.12. The number of halogens is 1. The maximum atomic E-state index is 13.7. The standard InChI is InChI=1S/C16H14FN3O/c1-2-11-6-5-7-12(10-11)18-16-19-15(20-21-16)13-8-3-4-9-14(13)17/h3-10H,2H2,1H3,(H,18,19,20). The van der Waals surface area contributed by atoms with E-state index in [9.17, 15) is 4.39 Å². The number of nitrogens with zero attached hydrogens (tertiary/aromatic N) is 2. The molecule has 0 atom stereocenters. The molecule has 106 valence electrons. The molecule has 1 N–H and O–H groups in total. The zero-order valence-electron chi connectivity index (χ0n) is 11.5. The molecule has 21 heavy (non-hydrogen) atoms. The number of rotatable bonds is 4. The first-order valence-electron chi connectivity index (χ1n) is 6.71. The van der Waals surface area contributed by atoms with E-state index in [1.165, 1.54) is 11.6 Å². The molecule has 0 aliphatic heterocycles. The number of benzene rings is 2. The molecule has 2 aromatic carbocycles. The van der Waals surface area contributed by atoms with Gasteiger partial charge in [0.2, 0.25) is 5.82 Å². The number of aromatic nitrogens is 2. The Labute approximate surface area is 121 Å². The molecular formula is C16H14FN3O. The Balaban J connectivity index is 1.84. The number of hydrogen-bond donors (Lipinski definition) is 1. The Morgan fingerprint density at radius 2 is 2.00 bits per heavy atom. The Morgan fingerprint density at radius 1 is 1.14 bits per heavy atom. The Morgan fingerprint density at radius 3 is 2.81 bits per heavy atom. The van der Waals surface area contributed by atoms with Crippen molar-refractivity contribution in [1.82, 2.24) is 10.1 Å². The molecule has 0 aliphatic rings. The van der Waals surface area contributed by atoms with E-state index in [1.54, 1.807) is 18.2 Å². The lowest BCUT2D eigenvalue weighted by atomic mass is 10.1. The van der Waals surface area contributed by atoms with Crippen molar-refractivity contribution >= 4 is 11.7 Å². The fourth-order valence-electron chi connectivity index (χ4n) is 2.02. The van der Waals surface area contributed by atoms with Crippen molar-refractivity contribution in [1.29, 1.82) is 0 Å². The molecule has 0 saturated heterocycles. The number of nitrogens with one attached hydrogen (secondary N) is 1. The third kappa shape index (κ3) is 2.91. The zero-order chi connectivity index (χ0) is 14.7. The second-order valence-corrected chi connectivity index (χ2v) is 4.58. The molecule has 1 aromatic heterocycles. The monoisotopic (exact) mass is 283 g/mol. The molecule has 4 nitrogen and oxygen atoms in total. The van der Waals surface area contributed by atoms with Gasteiger partial charge < -0.3 is 9.84 Å². The summed E-state index contributed by atoms with van der Waals surface area (Å²) in [5.41, 5.74) is 2.38. The van der Waals surface area contributed by atoms with Crippen LogP contribution in [0.3, 0.4) is 0 Å². The van der Waals surface area contributed by atoms with E-state index in [1.807, 2.05) is 24.3 Å². The number of aryl methyl sites for hydroxylation is 1. The summed E-state index contributed by atoms with van der Waals surface area (Å²) in [7, 11) is 0. The van der Waals surface area contributed by atoms with Crippen LogP contribution in [0.25, 0.3) is 11.4 Å². The van der Waals surface area contributed by atoms with Gasteiger partial charge in [0.1, 0.15) is 5.82 Å². The number of hydrogen-bond acceptors (Lipinski definition) is 4. The largest absolute Gasteiger partial charge is 0.326 e. The van der Waals surface area contributed by atoms with Crippen molar-refractivity contribution in [2.45, 2.75) is 13.3 Å². The second kappa shape index (κ2) is 5.75. The zero-order valence-corrected chi connectivity index (χ0v) is 11.5. The normalized spacial score (nSPS) is 10.6. The van der Waals surface area contributed by atoms with Gasteiger partial charge in [0.05, 0.1) is 5.56 Å². The van der Waals surface area contributed by atoms with Crippen LogP contribution in [0.5, 0.6) is 0 Å². The van der Waals surface area contributed by atoms with Crippen molar-refractivity contribution < 1.29 is 8.91 Å². The van der Waals surface area contributed by atoms with Crippen LogP contribution in [0, 0.1) is 5.82 Å². The average Bonchev–Trinajstić information content (AvgIpc) is 2.96. The molecule has 0 amide bonds. The predicted molar refractivity (Wildman–Crippen MR) is 78.8 cm³/mol. The molecule has 0 unspecified atom stereocenters. The van der Waals surface area contributed by atoms with E-state index in [4.69, 9.17) is 4.52 Å². The van der Waals surface area contributed by atoms with Crippen LogP contribution in [0.1, 0.15) is 12.5 Å². The third-order valence-corrected chi connectivity index (χ3v) is 3.13.